The van der Waals surface area contributed by atoms with Gasteiger partial charge < -0.3 is 91.5 Å². The molecule has 0 spiro atoms. The highest BCUT2D eigenvalue weighted by molar-refractivity contribution is 5.97. The number of unbranched alkanes of at least 4 members (excludes halogenated alkanes) is 2. The zero-order valence-electron chi connectivity index (χ0n) is 36.0. The lowest BCUT2D eigenvalue weighted by Gasteiger charge is -2.30. The van der Waals surface area contributed by atoms with E-state index in [9.17, 15) is 53.7 Å². The average Bonchev–Trinajstić information content (AvgIpc) is 3.99. The number of amides is 7. The largest absolute Gasteiger partial charge is 0.480 e. The van der Waals surface area contributed by atoms with Crippen molar-refractivity contribution >= 4 is 47.3 Å². The number of rotatable bonds is 31. The molecule has 2 heterocycles. The van der Waals surface area contributed by atoms with Crippen LogP contribution in [0.2, 0.25) is 0 Å². The molecule has 1 aromatic rings. The molecule has 9 atom stereocenters. The van der Waals surface area contributed by atoms with E-state index in [0.717, 1.165) is 0 Å². The second-order valence-electron chi connectivity index (χ2n) is 15.5. The number of aliphatic hydroxyl groups excluding tert-OH is 2. The van der Waals surface area contributed by atoms with E-state index in [4.69, 9.17) is 34.4 Å². The first-order valence-corrected chi connectivity index (χ1v) is 21.4. The van der Waals surface area contributed by atoms with Gasteiger partial charge in [-0.05, 0) is 77.4 Å². The summed E-state index contributed by atoms with van der Waals surface area (Å²) in [6.45, 7) is -0.835. The zero-order chi connectivity index (χ0) is 47.8. The molecule has 7 amide bonds. The van der Waals surface area contributed by atoms with Crippen LogP contribution in [0.3, 0.4) is 0 Å². The Hall–Kier alpha value is -5.35. The van der Waals surface area contributed by atoms with E-state index in [2.05, 4.69) is 41.9 Å². The van der Waals surface area contributed by atoms with Crippen LogP contribution in [0.4, 0.5) is 0 Å². The summed E-state index contributed by atoms with van der Waals surface area (Å²) in [5.41, 5.74) is 34.2. The van der Waals surface area contributed by atoms with E-state index in [1.807, 2.05) is 0 Å². The second-order valence-corrected chi connectivity index (χ2v) is 15.5. The van der Waals surface area contributed by atoms with Gasteiger partial charge in [-0.3, -0.25) is 33.6 Å². The second kappa shape index (κ2) is 29.2. The number of nitrogens with one attached hydrogen (secondary N) is 7. The molecule has 0 aliphatic carbocycles. The molecule has 0 unspecified atom stereocenters. The topological polar surface area (TPSA) is 457 Å². The predicted octanol–water partition coefficient (Wildman–Crippen LogP) is -7.47. The molecule has 64 heavy (non-hydrogen) atoms. The lowest BCUT2D eigenvalue weighted by atomic mass is 10.1. The smallest absolute Gasteiger partial charge is 0.326 e. The number of nitrogens with zero attached hydrogens (tertiary/aromatic N) is 2. The number of hydrogen-bond donors (Lipinski definition) is 16. The molecule has 0 bridgehead atoms. The van der Waals surface area contributed by atoms with Gasteiger partial charge in [-0.15, -0.1) is 0 Å². The third-order valence-corrected chi connectivity index (χ3v) is 10.5. The Bertz CT molecular complexity index is 1660. The number of aliphatic carboxylic acids is 1. The molecule has 1 aliphatic rings. The molecule has 0 saturated carbocycles. The van der Waals surface area contributed by atoms with Gasteiger partial charge in [0.05, 0.1) is 31.1 Å². The van der Waals surface area contributed by atoms with Gasteiger partial charge in [-0.1, -0.05) is 6.42 Å². The number of aliphatic hydroxyl groups is 2. The number of carboxylic acid groups (broad SMARTS) is 1. The lowest BCUT2D eigenvalue weighted by molar-refractivity contribution is -0.143. The number of carbonyl (C=O) groups is 8. The van der Waals surface area contributed by atoms with E-state index in [-0.39, 0.29) is 51.6 Å². The third-order valence-electron chi connectivity index (χ3n) is 10.5. The first-order chi connectivity index (χ1) is 30.5. The SMILES string of the molecule is NCCCC[C@H](NC(=O)[C@H](Cc1cnc[nH]1)NC(=O)[C@@H]1CCCN1C(=O)[C@@H](CCCN)NC(=O)CNC(=O)[C@@H](NC(=O)[C@@H](NC(=O)[C@@H](N)CCCCN)[C@@H](O)CN)[C@@H](O)CN)C(=O)O. The van der Waals surface area contributed by atoms with Crippen molar-refractivity contribution in [1.29, 1.82) is 0 Å². The first-order valence-electron chi connectivity index (χ1n) is 21.4. The Labute approximate surface area is 370 Å². The number of aromatic nitrogens is 2. The molecule has 1 saturated heterocycles. The maximum Gasteiger partial charge on any atom is 0.326 e. The Morgan fingerprint density at radius 2 is 1.31 bits per heavy atom. The molecule has 2 rings (SSSR count). The molecule has 0 radical (unpaired) electrons. The highest BCUT2D eigenvalue weighted by Gasteiger charge is 2.40. The van der Waals surface area contributed by atoms with E-state index in [1.54, 1.807) is 0 Å². The van der Waals surface area contributed by atoms with Crippen LogP contribution >= 0.6 is 0 Å². The molecule has 22 N–H and O–H groups in total. The van der Waals surface area contributed by atoms with Crippen LogP contribution in [-0.2, 0) is 44.8 Å². The minimum atomic E-state index is -1.79. The maximum atomic E-state index is 14.0. The van der Waals surface area contributed by atoms with Crippen molar-refractivity contribution in [2.45, 2.75) is 125 Å². The van der Waals surface area contributed by atoms with E-state index < -0.39 is 121 Å². The molecule has 0 aromatic carbocycles. The summed E-state index contributed by atoms with van der Waals surface area (Å²) < 4.78 is 0. The monoisotopic (exact) mass is 912 g/mol. The predicted molar refractivity (Wildman–Crippen MR) is 230 cm³/mol. The first kappa shape index (κ1) is 54.8. The molecule has 1 aromatic heterocycles. The summed E-state index contributed by atoms with van der Waals surface area (Å²) in [7, 11) is 0. The van der Waals surface area contributed by atoms with Gasteiger partial charge in [0, 0.05) is 37.9 Å². The van der Waals surface area contributed by atoms with Gasteiger partial charge in [0.2, 0.25) is 41.4 Å². The average molecular weight is 912 g/mol. The maximum absolute atomic E-state index is 14.0. The fraction of sp³-hybridized carbons (Fsp3) is 0.711. The molecule has 26 heteroatoms. The van der Waals surface area contributed by atoms with Crippen LogP contribution in [0, 0.1) is 0 Å². The minimum absolute atomic E-state index is 0.0310. The Morgan fingerprint density at radius 3 is 1.89 bits per heavy atom. The van der Waals surface area contributed by atoms with Crippen molar-refractivity contribution in [2.24, 2.45) is 34.4 Å². The van der Waals surface area contributed by atoms with Crippen LogP contribution in [0.25, 0.3) is 0 Å². The number of nitrogens with two attached hydrogens (primary N) is 6. The molecule has 1 fully saturated rings. The minimum Gasteiger partial charge on any atom is -0.480 e. The Kier molecular flexibility index (Phi) is 25.0. The number of H-pyrrole nitrogens is 1. The number of imidazole rings is 1. The fourth-order valence-electron chi connectivity index (χ4n) is 6.81. The Balaban J connectivity index is 2.17. The van der Waals surface area contributed by atoms with E-state index in [1.165, 1.54) is 17.4 Å². The number of carboxylic acids is 1. The van der Waals surface area contributed by atoms with Gasteiger partial charge in [-0.2, -0.15) is 0 Å². The molecule has 26 nitrogen and oxygen atoms in total. The summed E-state index contributed by atoms with van der Waals surface area (Å²) in [6, 6.07) is -9.39. The van der Waals surface area contributed by atoms with Crippen LogP contribution in [-0.4, -0.2) is 178 Å². The number of aromatic amines is 1. The normalized spacial score (nSPS) is 17.4. The lowest BCUT2D eigenvalue weighted by Crippen LogP contribution is -2.63. The van der Waals surface area contributed by atoms with Crippen LogP contribution < -0.4 is 66.3 Å². The highest BCUT2D eigenvalue weighted by Crippen LogP contribution is 2.20. The zero-order valence-corrected chi connectivity index (χ0v) is 36.0. The van der Waals surface area contributed by atoms with E-state index >= 15 is 0 Å². The summed E-state index contributed by atoms with van der Waals surface area (Å²) in [6.07, 6.45) is 2.69. The number of likely N-dealkylation sites (tertiary alicyclic amines) is 1. The van der Waals surface area contributed by atoms with Gasteiger partial charge in [0.25, 0.3) is 0 Å². The standard InChI is InChI=1S/C38H69N15O11/c39-11-3-1-7-22(44)32(57)51-31(28(55)17-43)36(61)52-30(27(54)16-42)35(60)46-19-29(56)48-23(9-5-13-41)37(62)53-14-6-10-26(53)34(59)50-25(15-21-18-45-20-47-21)33(58)49-24(38(63)64)8-2-4-12-40/h18,20,22-28,30-31,54-55H,1-17,19,39-44H2,(H,45,47)(H,46,60)(H,48,56)(H,49,58)(H,50,59)(H,51,57)(H,52,61)(H,63,64)/t22-,23+,24-,25-,26-,27-,28-,30-,31-/m0/s1. The van der Waals surface area contributed by atoms with Crippen molar-refractivity contribution in [3.05, 3.63) is 18.2 Å². The quantitative estimate of drug-likeness (QED) is 0.0308. The fourth-order valence-corrected chi connectivity index (χ4v) is 6.81. The van der Waals surface area contributed by atoms with Crippen molar-refractivity contribution in [3.8, 4) is 0 Å². The van der Waals surface area contributed by atoms with Gasteiger partial charge >= 0.3 is 5.97 Å². The molecular weight excluding hydrogens is 843 g/mol. The van der Waals surface area contributed by atoms with Gasteiger partial charge in [0.15, 0.2) is 0 Å². The third kappa shape index (κ3) is 18.0. The number of carbonyl (C=O) groups excluding carboxylic acids is 7. The molecule has 362 valence electrons. The molecule has 1 aliphatic heterocycles. The number of hydrogen-bond acceptors (Lipinski definition) is 17. The van der Waals surface area contributed by atoms with E-state index in [0.29, 0.717) is 50.9 Å². The van der Waals surface area contributed by atoms with Crippen molar-refractivity contribution in [3.63, 3.8) is 0 Å². The summed E-state index contributed by atoms with van der Waals surface area (Å²) in [5, 5.41) is 45.2. The van der Waals surface area contributed by atoms with Crippen molar-refractivity contribution in [1.82, 2.24) is 46.8 Å². The van der Waals surface area contributed by atoms with Crippen molar-refractivity contribution < 1.29 is 53.7 Å². The summed E-state index contributed by atoms with van der Waals surface area (Å²) in [5.74, 6) is -7.27. The van der Waals surface area contributed by atoms with Crippen LogP contribution in [0.15, 0.2) is 12.5 Å². The summed E-state index contributed by atoms with van der Waals surface area (Å²) in [4.78, 5) is 114. The van der Waals surface area contributed by atoms with Crippen molar-refractivity contribution in [2.75, 3.05) is 45.8 Å². The van der Waals surface area contributed by atoms with Crippen LogP contribution in [0.5, 0.6) is 0 Å². The highest BCUT2D eigenvalue weighted by atomic mass is 16.4. The van der Waals surface area contributed by atoms with Crippen LogP contribution in [0.1, 0.15) is 69.9 Å². The molecular formula is C38H69N15O11. The Morgan fingerprint density at radius 1 is 0.719 bits per heavy atom. The van der Waals surface area contributed by atoms with Gasteiger partial charge in [-0.25, -0.2) is 9.78 Å². The van der Waals surface area contributed by atoms with Gasteiger partial charge in [0.1, 0.15) is 36.3 Å². The summed E-state index contributed by atoms with van der Waals surface area (Å²) >= 11 is 0.